The molecule has 39 heavy (non-hydrogen) atoms. The van der Waals surface area contributed by atoms with Crippen LogP contribution in [0.3, 0.4) is 0 Å². The zero-order chi connectivity index (χ0) is 27.2. The van der Waals surface area contributed by atoms with Crippen LogP contribution in [0.4, 0.5) is 5.69 Å². The van der Waals surface area contributed by atoms with Crippen molar-refractivity contribution in [3.8, 4) is 0 Å². The lowest BCUT2D eigenvalue weighted by molar-refractivity contribution is -0.949. The highest BCUT2D eigenvalue weighted by Crippen LogP contribution is 2.36. The first-order valence-corrected chi connectivity index (χ1v) is 13.5. The topological polar surface area (TPSA) is 51.0 Å². The highest BCUT2D eigenvalue weighted by atomic mass is 16.6. The summed E-state index contributed by atoms with van der Waals surface area (Å²) < 4.78 is 6.21. The number of anilines is 1. The second-order valence-electron chi connectivity index (χ2n) is 10.9. The second-order valence-corrected chi connectivity index (χ2v) is 10.9. The normalized spacial score (nSPS) is 17.3. The molecule has 0 saturated carbocycles. The monoisotopic (exact) mass is 519 g/mol. The van der Waals surface area contributed by atoms with Crippen LogP contribution in [-0.4, -0.2) is 24.5 Å². The lowest BCUT2D eigenvalue weighted by atomic mass is 9.89. The molecular weight excluding hydrogens is 484 g/mol. The molecule has 0 radical (unpaired) electrons. The van der Waals surface area contributed by atoms with Gasteiger partial charge in [-0.2, -0.15) is 0 Å². The number of esters is 1. The number of rotatable bonds is 9. The summed E-state index contributed by atoms with van der Waals surface area (Å²) in [4.78, 5) is 30.6. The summed E-state index contributed by atoms with van der Waals surface area (Å²) in [5.41, 5.74) is 3.40. The van der Waals surface area contributed by atoms with E-state index < -0.39 is 17.6 Å². The Morgan fingerprint density at radius 3 is 1.77 bits per heavy atom. The predicted molar refractivity (Wildman–Crippen MR) is 153 cm³/mol. The summed E-state index contributed by atoms with van der Waals surface area (Å²) in [6.07, 6.45) is -0.869. The van der Waals surface area contributed by atoms with E-state index >= 15 is 0 Å². The maximum absolute atomic E-state index is 14.2. The van der Waals surface area contributed by atoms with Crippen molar-refractivity contribution < 1.29 is 19.2 Å². The van der Waals surface area contributed by atoms with Crippen LogP contribution in [0.15, 0.2) is 121 Å². The van der Waals surface area contributed by atoms with Gasteiger partial charge < -0.3 is 14.5 Å². The van der Waals surface area contributed by atoms with Crippen molar-refractivity contribution in [1.29, 1.82) is 0 Å². The fraction of sp³-hybridized carbons (Fsp3) is 0.235. The molecule has 1 N–H and O–H groups in total. The van der Waals surface area contributed by atoms with Gasteiger partial charge in [-0.3, -0.25) is 4.79 Å². The zero-order valence-electron chi connectivity index (χ0n) is 22.5. The van der Waals surface area contributed by atoms with Crippen LogP contribution in [0, 0.1) is 5.41 Å². The van der Waals surface area contributed by atoms with E-state index in [-0.39, 0.29) is 11.9 Å². The minimum absolute atomic E-state index is 0.181. The number of amides is 1. The third-order valence-electron chi connectivity index (χ3n) is 7.39. The van der Waals surface area contributed by atoms with Gasteiger partial charge in [0.05, 0.1) is 0 Å². The summed E-state index contributed by atoms with van der Waals surface area (Å²) in [7, 11) is 0. The zero-order valence-corrected chi connectivity index (χ0v) is 22.5. The van der Waals surface area contributed by atoms with Gasteiger partial charge in [0.15, 0.2) is 6.10 Å². The van der Waals surface area contributed by atoms with E-state index in [1.165, 1.54) is 0 Å². The number of nitrogens with zero attached hydrogens (tertiary/aromatic N) is 1. The van der Waals surface area contributed by atoms with Gasteiger partial charge in [0, 0.05) is 34.3 Å². The average molecular weight is 520 g/mol. The smallest absolute Gasteiger partial charge is 0.370 e. The van der Waals surface area contributed by atoms with Crippen molar-refractivity contribution in [2.45, 2.75) is 39.1 Å². The van der Waals surface area contributed by atoms with Crippen LogP contribution < -0.4 is 9.80 Å². The Morgan fingerprint density at radius 1 is 0.795 bits per heavy atom. The molecule has 1 aliphatic rings. The van der Waals surface area contributed by atoms with Crippen LogP contribution in [0.2, 0.25) is 0 Å². The van der Waals surface area contributed by atoms with E-state index in [4.69, 9.17) is 4.74 Å². The second kappa shape index (κ2) is 11.7. The van der Waals surface area contributed by atoms with Gasteiger partial charge in [-0.1, -0.05) is 123 Å². The molecule has 0 aromatic heterocycles. The molecule has 0 spiro atoms. The van der Waals surface area contributed by atoms with Crippen LogP contribution in [0.25, 0.3) is 0 Å². The quantitative estimate of drug-likeness (QED) is 0.317. The SMILES string of the molecule is CC1(C)CN(c2ccccc2)C(=O)[C@H]1OC(=O)[C@@H](c1ccccc1)[NH+](Cc1ccccc1)Cc1ccccc1. The molecule has 4 aromatic rings. The largest absolute Gasteiger partial charge is 0.447 e. The van der Waals surface area contributed by atoms with E-state index in [2.05, 4.69) is 24.3 Å². The highest BCUT2D eigenvalue weighted by Gasteiger charge is 2.50. The first-order valence-electron chi connectivity index (χ1n) is 13.5. The van der Waals surface area contributed by atoms with Gasteiger partial charge in [0.2, 0.25) is 6.04 Å². The fourth-order valence-electron chi connectivity index (χ4n) is 5.43. The molecule has 0 bridgehead atoms. The number of hydrogen-bond donors (Lipinski definition) is 1. The molecule has 198 valence electrons. The number of hydrogen-bond acceptors (Lipinski definition) is 3. The lowest BCUT2D eigenvalue weighted by Crippen LogP contribution is -3.10. The third kappa shape index (κ3) is 6.10. The van der Waals surface area contributed by atoms with E-state index in [1.807, 2.05) is 111 Å². The van der Waals surface area contributed by atoms with E-state index in [0.29, 0.717) is 19.6 Å². The van der Waals surface area contributed by atoms with Gasteiger partial charge in [0.1, 0.15) is 13.1 Å². The number of quaternary nitrogens is 1. The Bertz CT molecular complexity index is 1330. The Hall–Kier alpha value is -4.22. The van der Waals surface area contributed by atoms with E-state index in [9.17, 15) is 9.59 Å². The van der Waals surface area contributed by atoms with Crippen molar-refractivity contribution in [3.63, 3.8) is 0 Å². The van der Waals surface area contributed by atoms with E-state index in [1.54, 1.807) is 4.90 Å². The molecule has 1 aliphatic heterocycles. The molecule has 5 nitrogen and oxygen atoms in total. The maximum atomic E-state index is 14.2. The van der Waals surface area contributed by atoms with Crippen LogP contribution in [-0.2, 0) is 27.4 Å². The van der Waals surface area contributed by atoms with Crippen molar-refractivity contribution in [2.24, 2.45) is 5.41 Å². The molecule has 1 heterocycles. The number of para-hydroxylation sites is 1. The third-order valence-corrected chi connectivity index (χ3v) is 7.39. The molecule has 0 unspecified atom stereocenters. The molecule has 1 amide bonds. The van der Waals surface area contributed by atoms with Crippen LogP contribution in [0.1, 0.15) is 36.6 Å². The molecule has 1 fully saturated rings. The van der Waals surface area contributed by atoms with Crippen LogP contribution >= 0.6 is 0 Å². The fourth-order valence-corrected chi connectivity index (χ4v) is 5.43. The Morgan fingerprint density at radius 2 is 1.26 bits per heavy atom. The Labute approximate surface area is 230 Å². The molecule has 1 saturated heterocycles. The van der Waals surface area contributed by atoms with Gasteiger partial charge in [-0.05, 0) is 12.1 Å². The molecular formula is C34H35N2O3+. The first-order chi connectivity index (χ1) is 18.9. The molecule has 0 aliphatic carbocycles. The van der Waals surface area contributed by atoms with E-state index in [0.717, 1.165) is 27.3 Å². The summed E-state index contributed by atoms with van der Waals surface area (Å²) >= 11 is 0. The van der Waals surface area contributed by atoms with Crippen molar-refractivity contribution in [1.82, 2.24) is 0 Å². The number of carbonyl (C=O) groups is 2. The molecule has 2 atom stereocenters. The number of benzene rings is 4. The van der Waals surface area contributed by atoms with Crippen molar-refractivity contribution >= 4 is 17.6 Å². The van der Waals surface area contributed by atoms with Gasteiger partial charge in [0.25, 0.3) is 5.91 Å². The molecule has 5 heteroatoms. The average Bonchev–Trinajstić information content (AvgIpc) is 3.19. The Kier molecular flexibility index (Phi) is 7.89. The summed E-state index contributed by atoms with van der Waals surface area (Å²) in [5.74, 6) is -0.566. The standard InChI is InChI=1S/C34H34N2O3/c1-34(2)25-36(29-21-13-6-14-22-29)32(37)31(34)39-33(38)30(28-19-11-5-12-20-28)35(23-26-15-7-3-8-16-26)24-27-17-9-4-10-18-27/h3-22,30-31H,23-25H2,1-2H3/p+1/t30-,31-/m1/s1. The van der Waals surface area contributed by atoms with Crippen molar-refractivity contribution in [3.05, 3.63) is 138 Å². The van der Waals surface area contributed by atoms with Crippen molar-refractivity contribution in [2.75, 3.05) is 11.4 Å². The summed E-state index contributed by atoms with van der Waals surface area (Å²) in [6, 6.07) is 39.1. The maximum Gasteiger partial charge on any atom is 0.370 e. The van der Waals surface area contributed by atoms with Gasteiger partial charge in [-0.15, -0.1) is 0 Å². The summed E-state index contributed by atoms with van der Waals surface area (Å²) in [6.45, 7) is 5.71. The minimum atomic E-state index is -0.869. The Balaban J connectivity index is 1.48. The van der Waals surface area contributed by atoms with Gasteiger partial charge >= 0.3 is 5.97 Å². The molecule has 4 aromatic carbocycles. The first kappa shape index (κ1) is 26.4. The highest BCUT2D eigenvalue weighted by molar-refractivity contribution is 6.01. The number of ether oxygens (including phenoxy) is 1. The van der Waals surface area contributed by atoms with Crippen LogP contribution in [0.5, 0.6) is 0 Å². The predicted octanol–water partition coefficient (Wildman–Crippen LogP) is 5.00. The lowest BCUT2D eigenvalue weighted by Gasteiger charge is -2.30. The molecule has 5 rings (SSSR count). The number of nitrogens with one attached hydrogen (secondary N) is 1. The minimum Gasteiger partial charge on any atom is -0.447 e. The number of carbonyl (C=O) groups excluding carboxylic acids is 2. The van der Waals surface area contributed by atoms with Gasteiger partial charge in [-0.25, -0.2) is 4.79 Å². The summed E-state index contributed by atoms with van der Waals surface area (Å²) in [5, 5.41) is 0.